The largest absolute Gasteiger partial charge is 0.489 e. The van der Waals surface area contributed by atoms with Gasteiger partial charge in [-0.1, -0.05) is 35.3 Å². The Labute approximate surface area is 200 Å². The maximum absolute atomic E-state index is 10.3. The highest BCUT2D eigenvalue weighted by Crippen LogP contribution is 2.26. The van der Waals surface area contributed by atoms with Gasteiger partial charge in [0.1, 0.15) is 36.9 Å². The molecule has 2 aromatic rings. The van der Waals surface area contributed by atoms with Gasteiger partial charge in [-0.05, 0) is 49.2 Å². The van der Waals surface area contributed by atoms with Gasteiger partial charge in [-0.3, -0.25) is 9.80 Å². The maximum Gasteiger partial charge on any atom is 0.138 e. The minimum Gasteiger partial charge on any atom is -0.489 e. The summed E-state index contributed by atoms with van der Waals surface area (Å²) >= 11 is 12.4. The summed E-state index contributed by atoms with van der Waals surface area (Å²) in [7, 11) is 0. The predicted molar refractivity (Wildman–Crippen MR) is 128 cm³/mol. The zero-order chi connectivity index (χ0) is 23.1. The lowest BCUT2D eigenvalue weighted by molar-refractivity contribution is 0.0241. The highest BCUT2D eigenvalue weighted by molar-refractivity contribution is 6.32. The van der Waals surface area contributed by atoms with Gasteiger partial charge in [-0.25, -0.2) is 0 Å². The minimum absolute atomic E-state index is 0.195. The molecule has 0 aliphatic carbocycles. The molecule has 2 N–H and O–H groups in total. The standard InChI is InChI=1S/C24H32Cl2N2O4/c1-17-3-5-23(21(25)11-17)31-15-19(29)13-27-7-9-28(10-8-27)14-20(30)16-32-24-6-4-18(2)12-22(24)26/h3-6,11-12,19-20,29-30H,7-10,13-16H2,1-2H3/t19-,20+. The Morgan fingerprint density at radius 1 is 0.750 bits per heavy atom. The van der Waals surface area contributed by atoms with Crippen LogP contribution >= 0.6 is 23.2 Å². The second kappa shape index (κ2) is 12.1. The molecule has 0 aromatic heterocycles. The SMILES string of the molecule is Cc1ccc(OC[C@@H](O)CN2CCN(C[C@@H](O)COc3ccc(C)cc3Cl)CC2)c(Cl)c1. The maximum atomic E-state index is 10.3. The van der Waals surface area contributed by atoms with Crippen molar-refractivity contribution in [3.05, 3.63) is 57.6 Å². The summed E-state index contributed by atoms with van der Waals surface area (Å²) < 4.78 is 11.3. The molecule has 0 spiro atoms. The van der Waals surface area contributed by atoms with E-state index in [0.717, 1.165) is 37.3 Å². The Hall–Kier alpha value is -1.54. The van der Waals surface area contributed by atoms with Crippen molar-refractivity contribution in [1.82, 2.24) is 9.80 Å². The van der Waals surface area contributed by atoms with Gasteiger partial charge in [0.2, 0.25) is 0 Å². The van der Waals surface area contributed by atoms with Crippen LogP contribution in [-0.2, 0) is 0 Å². The molecule has 1 saturated heterocycles. The first-order chi connectivity index (χ1) is 15.3. The van der Waals surface area contributed by atoms with Crippen LogP contribution in [-0.4, -0.2) is 84.7 Å². The zero-order valence-electron chi connectivity index (χ0n) is 18.6. The Morgan fingerprint density at radius 3 is 1.47 bits per heavy atom. The number of halogens is 2. The van der Waals surface area contributed by atoms with Crippen molar-refractivity contribution in [2.45, 2.75) is 26.1 Å². The summed E-state index contributed by atoms with van der Waals surface area (Å²) in [5.41, 5.74) is 2.13. The quantitative estimate of drug-likeness (QED) is 0.540. The van der Waals surface area contributed by atoms with Crippen LogP contribution in [0.25, 0.3) is 0 Å². The molecule has 2 aromatic carbocycles. The van der Waals surface area contributed by atoms with Crippen molar-refractivity contribution in [2.24, 2.45) is 0 Å². The van der Waals surface area contributed by atoms with Crippen LogP contribution in [0.1, 0.15) is 11.1 Å². The molecule has 2 atom stereocenters. The molecular formula is C24H32Cl2N2O4. The molecule has 3 rings (SSSR count). The summed E-state index contributed by atoms with van der Waals surface area (Å²) in [6, 6.07) is 11.2. The molecular weight excluding hydrogens is 451 g/mol. The number of aliphatic hydroxyl groups is 2. The molecule has 8 heteroatoms. The smallest absolute Gasteiger partial charge is 0.138 e. The number of piperazine rings is 1. The van der Waals surface area contributed by atoms with E-state index in [4.69, 9.17) is 32.7 Å². The van der Waals surface area contributed by atoms with E-state index in [1.807, 2.05) is 50.2 Å². The number of benzene rings is 2. The van der Waals surface area contributed by atoms with Crippen LogP contribution in [0.15, 0.2) is 36.4 Å². The number of aryl methyl sites for hydroxylation is 2. The summed E-state index contributed by atoms with van der Waals surface area (Å²) in [6.45, 7) is 8.68. The summed E-state index contributed by atoms with van der Waals surface area (Å²) in [6.07, 6.45) is -1.20. The van der Waals surface area contributed by atoms with E-state index in [-0.39, 0.29) is 13.2 Å². The van der Waals surface area contributed by atoms with E-state index in [2.05, 4.69) is 9.80 Å². The third kappa shape index (κ3) is 7.80. The van der Waals surface area contributed by atoms with Gasteiger partial charge in [0, 0.05) is 39.3 Å². The van der Waals surface area contributed by atoms with Crippen molar-refractivity contribution in [1.29, 1.82) is 0 Å². The number of hydrogen-bond donors (Lipinski definition) is 2. The number of nitrogens with zero attached hydrogens (tertiary/aromatic N) is 2. The van der Waals surface area contributed by atoms with Crippen LogP contribution in [0.2, 0.25) is 10.0 Å². The molecule has 176 valence electrons. The van der Waals surface area contributed by atoms with Crippen molar-refractivity contribution in [3.63, 3.8) is 0 Å². The van der Waals surface area contributed by atoms with Gasteiger partial charge in [0.15, 0.2) is 0 Å². The topological polar surface area (TPSA) is 65.4 Å². The number of aliphatic hydroxyl groups excluding tert-OH is 2. The van der Waals surface area contributed by atoms with E-state index >= 15 is 0 Å². The molecule has 1 fully saturated rings. The number of hydrogen-bond acceptors (Lipinski definition) is 6. The molecule has 0 amide bonds. The minimum atomic E-state index is -0.600. The Morgan fingerprint density at radius 2 is 1.12 bits per heavy atom. The van der Waals surface area contributed by atoms with Crippen LogP contribution in [0.5, 0.6) is 11.5 Å². The van der Waals surface area contributed by atoms with Crippen LogP contribution in [0.3, 0.4) is 0 Å². The number of rotatable bonds is 10. The molecule has 1 aliphatic rings. The lowest BCUT2D eigenvalue weighted by Crippen LogP contribution is -2.51. The second-order valence-electron chi connectivity index (χ2n) is 8.40. The number of β-amino-alcohol motifs (C(OH)–C–C–N with tert-alkyl or cyclic N) is 2. The average Bonchev–Trinajstić information content (AvgIpc) is 2.74. The summed E-state index contributed by atoms with van der Waals surface area (Å²) in [5, 5.41) is 21.8. The third-order valence-corrected chi connectivity index (χ3v) is 6.03. The zero-order valence-corrected chi connectivity index (χ0v) is 20.1. The fourth-order valence-corrected chi connectivity index (χ4v) is 4.25. The van der Waals surface area contributed by atoms with E-state index in [0.29, 0.717) is 34.6 Å². The van der Waals surface area contributed by atoms with Gasteiger partial charge in [-0.2, -0.15) is 0 Å². The highest BCUT2D eigenvalue weighted by atomic mass is 35.5. The Kier molecular flexibility index (Phi) is 9.46. The molecule has 0 saturated carbocycles. The van der Waals surface area contributed by atoms with Gasteiger partial charge >= 0.3 is 0 Å². The Bertz CT molecular complexity index is 804. The van der Waals surface area contributed by atoms with E-state index in [9.17, 15) is 10.2 Å². The fraction of sp³-hybridized carbons (Fsp3) is 0.500. The molecule has 0 radical (unpaired) electrons. The van der Waals surface area contributed by atoms with E-state index in [1.165, 1.54) is 0 Å². The van der Waals surface area contributed by atoms with Crippen LogP contribution in [0, 0.1) is 13.8 Å². The van der Waals surface area contributed by atoms with Crippen molar-refractivity contribution in [2.75, 3.05) is 52.5 Å². The lowest BCUT2D eigenvalue weighted by atomic mass is 10.2. The third-order valence-electron chi connectivity index (χ3n) is 5.44. The fourth-order valence-electron chi connectivity index (χ4n) is 3.67. The van der Waals surface area contributed by atoms with Gasteiger partial charge in [0.25, 0.3) is 0 Å². The van der Waals surface area contributed by atoms with Crippen LogP contribution in [0.4, 0.5) is 0 Å². The second-order valence-corrected chi connectivity index (χ2v) is 9.21. The van der Waals surface area contributed by atoms with Crippen LogP contribution < -0.4 is 9.47 Å². The van der Waals surface area contributed by atoms with E-state index < -0.39 is 12.2 Å². The highest BCUT2D eigenvalue weighted by Gasteiger charge is 2.21. The van der Waals surface area contributed by atoms with Gasteiger partial charge in [0.05, 0.1) is 10.0 Å². The van der Waals surface area contributed by atoms with Gasteiger partial charge < -0.3 is 19.7 Å². The van der Waals surface area contributed by atoms with Crippen molar-refractivity contribution >= 4 is 23.2 Å². The summed E-state index contributed by atoms with van der Waals surface area (Å²) in [4.78, 5) is 4.41. The first kappa shape index (κ1) is 25.1. The predicted octanol–water partition coefficient (Wildman–Crippen LogP) is 3.41. The van der Waals surface area contributed by atoms with Gasteiger partial charge in [-0.15, -0.1) is 0 Å². The first-order valence-electron chi connectivity index (χ1n) is 10.9. The molecule has 0 bridgehead atoms. The van der Waals surface area contributed by atoms with Crippen molar-refractivity contribution in [3.8, 4) is 11.5 Å². The molecule has 1 aliphatic heterocycles. The first-order valence-corrected chi connectivity index (χ1v) is 11.6. The number of ether oxygens (including phenoxy) is 2. The lowest BCUT2D eigenvalue weighted by Gasteiger charge is -2.36. The average molecular weight is 483 g/mol. The molecule has 32 heavy (non-hydrogen) atoms. The Balaban J connectivity index is 1.33. The summed E-state index contributed by atoms with van der Waals surface area (Å²) in [5.74, 6) is 1.17. The molecule has 0 unspecified atom stereocenters. The van der Waals surface area contributed by atoms with E-state index in [1.54, 1.807) is 0 Å². The normalized spacial score (nSPS) is 17.2. The molecule has 1 heterocycles. The monoisotopic (exact) mass is 482 g/mol. The van der Waals surface area contributed by atoms with Crippen molar-refractivity contribution < 1.29 is 19.7 Å². The molecule has 6 nitrogen and oxygen atoms in total.